The summed E-state index contributed by atoms with van der Waals surface area (Å²) in [5.74, 6) is 0. The topological polar surface area (TPSA) is 34.1 Å². The second-order valence-electron chi connectivity index (χ2n) is 9.63. The Morgan fingerprint density at radius 1 is 0.425 bits per heavy atom. The lowest BCUT2D eigenvalue weighted by molar-refractivity contribution is 0.107. The largest absolute Gasteiger partial charge is 0.305 e. The van der Waals surface area contributed by atoms with Gasteiger partial charge in [-0.15, -0.1) is 0 Å². The van der Waals surface area contributed by atoms with Gasteiger partial charge >= 0.3 is 0 Å². The van der Waals surface area contributed by atoms with Crippen molar-refractivity contribution in [2.75, 3.05) is 0 Å². The van der Waals surface area contributed by atoms with E-state index in [4.69, 9.17) is 0 Å². The van der Waals surface area contributed by atoms with Crippen LogP contribution in [0, 0.1) is 0 Å². The Morgan fingerprint density at radius 2 is 0.800 bits per heavy atom. The van der Waals surface area contributed by atoms with Crippen molar-refractivity contribution in [3.8, 4) is 33.4 Å². The molecule has 6 aromatic rings. The molecule has 192 valence electrons. The van der Waals surface area contributed by atoms with Crippen molar-refractivity contribution < 1.29 is 9.36 Å². The number of rotatable bonds is 7. The first-order valence-electron chi connectivity index (χ1n) is 13.3. The van der Waals surface area contributed by atoms with Crippen LogP contribution in [-0.4, -0.2) is 5.52 Å². The Labute approximate surface area is 235 Å². The second-order valence-corrected chi connectivity index (χ2v) is 12.2. The fourth-order valence-corrected chi connectivity index (χ4v) is 8.06. The maximum absolute atomic E-state index is 15.8. The summed E-state index contributed by atoms with van der Waals surface area (Å²) in [7, 11) is -3.89. The van der Waals surface area contributed by atoms with Crippen LogP contribution >= 0.6 is 7.14 Å². The van der Waals surface area contributed by atoms with E-state index in [1.807, 2.05) is 127 Å². The first kappa shape index (κ1) is 25.5. The Bertz CT molecular complexity index is 1740. The van der Waals surface area contributed by atoms with Crippen molar-refractivity contribution in [2.24, 2.45) is 0 Å². The normalized spacial score (nSPS) is 12.4. The molecule has 0 aliphatic heterocycles. The van der Waals surface area contributed by atoms with Crippen LogP contribution in [0.25, 0.3) is 33.4 Å². The molecule has 0 heterocycles. The molecular weight excluding hydrogens is 507 g/mol. The molecule has 0 amide bonds. The number of hydrogen-bond donors (Lipinski definition) is 0. The van der Waals surface area contributed by atoms with E-state index in [1.165, 1.54) is 0 Å². The molecule has 0 N–H and O–H groups in total. The van der Waals surface area contributed by atoms with Gasteiger partial charge in [0.15, 0.2) is 0 Å². The molecule has 6 aromatic carbocycles. The average Bonchev–Trinajstić information content (AvgIpc) is 3.05. The maximum atomic E-state index is 15.8. The quantitative estimate of drug-likeness (QED) is 0.192. The van der Waals surface area contributed by atoms with Gasteiger partial charge in [-0.1, -0.05) is 152 Å². The summed E-state index contributed by atoms with van der Waals surface area (Å²) in [6.07, 6.45) is 0. The second kappa shape index (κ2) is 11.1. The van der Waals surface area contributed by atoms with Crippen LogP contribution in [0.2, 0.25) is 0 Å². The monoisotopic (exact) mass is 534 g/mol. The molecule has 1 atom stereocenters. The first-order chi connectivity index (χ1) is 19.7. The Morgan fingerprint density at radius 3 is 1.25 bits per heavy atom. The molecular formula is C37H27O2P. The third kappa shape index (κ3) is 4.75. The molecule has 1 unspecified atom stereocenters. The summed E-state index contributed by atoms with van der Waals surface area (Å²) in [6.45, 7) is 0. The van der Waals surface area contributed by atoms with Gasteiger partial charge in [-0.05, 0) is 45.5 Å². The molecule has 0 spiro atoms. The summed E-state index contributed by atoms with van der Waals surface area (Å²) in [6, 6.07) is 52.5. The third-order valence-corrected chi connectivity index (χ3v) is 10.1. The van der Waals surface area contributed by atoms with Crippen molar-refractivity contribution in [1.82, 2.24) is 0 Å². The fourth-order valence-electron chi connectivity index (χ4n) is 5.19. The lowest BCUT2D eigenvalue weighted by Gasteiger charge is -2.26. The highest BCUT2D eigenvalue weighted by atomic mass is 31.2. The van der Waals surface area contributed by atoms with E-state index in [2.05, 4.69) is 24.3 Å². The van der Waals surface area contributed by atoms with Crippen molar-refractivity contribution >= 4 is 23.3 Å². The van der Waals surface area contributed by atoms with Crippen LogP contribution in [0.5, 0.6) is 0 Å². The fraction of sp³-hybridized carbons (Fsp3) is 0. The zero-order valence-corrected chi connectivity index (χ0v) is 22.7. The Kier molecular flexibility index (Phi) is 7.10. The van der Waals surface area contributed by atoms with Crippen LogP contribution in [0.1, 0.15) is 10.4 Å². The van der Waals surface area contributed by atoms with Gasteiger partial charge in [0, 0.05) is 16.2 Å². The van der Waals surface area contributed by atoms with Gasteiger partial charge in [-0.2, -0.15) is 0 Å². The number of carbonyl (C=O) groups is 1. The van der Waals surface area contributed by atoms with E-state index >= 15 is 4.57 Å². The van der Waals surface area contributed by atoms with Gasteiger partial charge in [-0.25, -0.2) is 0 Å². The van der Waals surface area contributed by atoms with Gasteiger partial charge in [0.1, 0.15) is 0 Å². The molecule has 0 saturated carbocycles. The molecule has 0 fully saturated rings. The van der Waals surface area contributed by atoms with Crippen molar-refractivity contribution in [2.45, 2.75) is 0 Å². The molecule has 0 radical (unpaired) electrons. The van der Waals surface area contributed by atoms with E-state index in [-0.39, 0.29) is 5.52 Å². The Balaban J connectivity index is 1.77. The molecule has 6 rings (SSSR count). The van der Waals surface area contributed by atoms with Crippen LogP contribution in [-0.2, 0) is 4.57 Å². The molecule has 2 nitrogen and oxygen atoms in total. The number of carbonyl (C=O) groups excluding carboxylic acids is 1. The summed E-state index contributed by atoms with van der Waals surface area (Å²) in [5.41, 5.74) is 5.49. The zero-order chi connectivity index (χ0) is 27.4. The molecule has 0 bridgehead atoms. The molecule has 0 aliphatic carbocycles. The minimum Gasteiger partial charge on any atom is -0.305 e. The summed E-state index contributed by atoms with van der Waals surface area (Å²) in [4.78, 5) is 14.5. The minimum absolute atomic E-state index is 0.374. The van der Waals surface area contributed by atoms with Crippen molar-refractivity contribution in [3.63, 3.8) is 0 Å². The smallest absolute Gasteiger partial charge is 0.230 e. The van der Waals surface area contributed by atoms with Crippen LogP contribution in [0.4, 0.5) is 0 Å². The van der Waals surface area contributed by atoms with Crippen molar-refractivity contribution in [3.05, 3.63) is 169 Å². The van der Waals surface area contributed by atoms with E-state index in [0.29, 0.717) is 16.2 Å². The molecule has 0 aromatic heterocycles. The van der Waals surface area contributed by atoms with Crippen LogP contribution < -0.4 is 10.6 Å². The van der Waals surface area contributed by atoms with E-state index in [1.54, 1.807) is 12.1 Å². The predicted molar refractivity (Wildman–Crippen MR) is 167 cm³/mol. The lowest BCUT2D eigenvalue weighted by Crippen LogP contribution is -2.26. The molecule has 40 heavy (non-hydrogen) atoms. The third-order valence-electron chi connectivity index (χ3n) is 7.13. The van der Waals surface area contributed by atoms with Crippen LogP contribution in [0.15, 0.2) is 164 Å². The SMILES string of the molecule is O=C(c1ccccc1)P(=O)(c1ccccc1)c1c(-c2ccccc2)cc(-c2ccccc2)cc1-c1ccccc1. The predicted octanol–water partition coefficient (Wildman–Crippen LogP) is 8.84. The standard InChI is InChI=1S/C37H27O2P/c38-37(31-22-12-4-13-23-31)40(39,33-24-14-5-15-25-33)36-34(29-18-8-2-9-19-29)26-32(28-16-6-1-7-17-28)27-35(36)30-20-10-3-11-21-30/h1-27H. The Hall–Kier alpha value is -4.78. The van der Waals surface area contributed by atoms with Crippen LogP contribution in [0.3, 0.4) is 0 Å². The number of hydrogen-bond acceptors (Lipinski definition) is 2. The minimum atomic E-state index is -3.89. The zero-order valence-electron chi connectivity index (χ0n) is 21.9. The van der Waals surface area contributed by atoms with Crippen molar-refractivity contribution in [1.29, 1.82) is 0 Å². The number of benzene rings is 6. The summed E-state index contributed by atoms with van der Waals surface area (Å²) < 4.78 is 15.8. The van der Waals surface area contributed by atoms with Gasteiger partial charge in [0.2, 0.25) is 12.7 Å². The highest BCUT2D eigenvalue weighted by Gasteiger charge is 2.41. The highest BCUT2D eigenvalue weighted by Crippen LogP contribution is 2.52. The van der Waals surface area contributed by atoms with Gasteiger partial charge < -0.3 is 4.57 Å². The average molecular weight is 535 g/mol. The first-order valence-corrected chi connectivity index (χ1v) is 15.0. The molecule has 0 aliphatic rings. The summed E-state index contributed by atoms with van der Waals surface area (Å²) in [5, 5.41) is 1.08. The maximum Gasteiger partial charge on any atom is 0.230 e. The summed E-state index contributed by atoms with van der Waals surface area (Å²) >= 11 is 0. The van der Waals surface area contributed by atoms with E-state index in [0.717, 1.165) is 33.4 Å². The van der Waals surface area contributed by atoms with E-state index < -0.39 is 7.14 Å². The lowest BCUT2D eigenvalue weighted by atomic mass is 9.93. The molecule has 3 heteroatoms. The van der Waals surface area contributed by atoms with Gasteiger partial charge in [-0.3, -0.25) is 4.79 Å². The molecule has 0 saturated heterocycles. The van der Waals surface area contributed by atoms with E-state index in [9.17, 15) is 4.79 Å². The highest BCUT2D eigenvalue weighted by molar-refractivity contribution is 7.94. The van der Waals surface area contributed by atoms with Gasteiger partial charge in [0.05, 0.1) is 0 Å². The van der Waals surface area contributed by atoms with Gasteiger partial charge in [0.25, 0.3) is 0 Å².